The van der Waals surface area contributed by atoms with Crippen molar-refractivity contribution in [3.8, 4) is 11.3 Å². The van der Waals surface area contributed by atoms with Crippen LogP contribution in [-0.4, -0.2) is 9.38 Å². The number of rotatable bonds is 1. The second kappa shape index (κ2) is 4.12. The van der Waals surface area contributed by atoms with Gasteiger partial charge in [-0.05, 0) is 38.5 Å². The first-order valence-corrected chi connectivity index (χ1v) is 6.38. The zero-order valence-corrected chi connectivity index (χ0v) is 11.4. The Labute approximate surface area is 112 Å². The summed E-state index contributed by atoms with van der Waals surface area (Å²) in [6.45, 7) is 6.23. The van der Waals surface area contributed by atoms with Gasteiger partial charge in [-0.1, -0.05) is 23.8 Å². The molecule has 0 aliphatic heterocycles. The van der Waals surface area contributed by atoms with Gasteiger partial charge in [0, 0.05) is 17.5 Å². The van der Waals surface area contributed by atoms with Gasteiger partial charge < -0.3 is 10.1 Å². The Balaban J connectivity index is 2.23. The normalized spacial score (nSPS) is 11.1. The van der Waals surface area contributed by atoms with Crippen LogP contribution in [0.1, 0.15) is 16.8 Å². The molecule has 96 valence electrons. The molecule has 1 aromatic carbocycles. The highest BCUT2D eigenvalue weighted by molar-refractivity contribution is 5.67. The number of imidazole rings is 1. The molecule has 0 saturated carbocycles. The van der Waals surface area contributed by atoms with Crippen LogP contribution in [0.5, 0.6) is 0 Å². The molecule has 2 aromatic heterocycles. The van der Waals surface area contributed by atoms with Crippen LogP contribution in [0.2, 0.25) is 0 Å². The van der Waals surface area contributed by atoms with E-state index >= 15 is 0 Å². The predicted octanol–water partition coefficient (Wildman–Crippen LogP) is 3.51. The molecular weight excluding hydrogens is 234 g/mol. The van der Waals surface area contributed by atoms with Gasteiger partial charge in [-0.25, -0.2) is 4.98 Å². The molecule has 0 atom stereocenters. The molecule has 3 aromatic rings. The van der Waals surface area contributed by atoms with E-state index in [2.05, 4.69) is 43.2 Å². The molecule has 0 saturated heterocycles. The Kier molecular flexibility index (Phi) is 2.56. The number of benzene rings is 1. The molecule has 2 N–H and O–H groups in total. The Bertz CT molecular complexity index is 769. The van der Waals surface area contributed by atoms with Gasteiger partial charge in [0.15, 0.2) is 0 Å². The van der Waals surface area contributed by atoms with Crippen LogP contribution in [0.4, 0.5) is 5.69 Å². The number of aryl methyl sites for hydroxylation is 3. The Morgan fingerprint density at radius 2 is 1.84 bits per heavy atom. The van der Waals surface area contributed by atoms with E-state index in [-0.39, 0.29) is 0 Å². The highest BCUT2D eigenvalue weighted by Gasteiger charge is 2.09. The average molecular weight is 251 g/mol. The minimum atomic E-state index is 0.789. The fourth-order valence-electron chi connectivity index (χ4n) is 2.44. The first-order chi connectivity index (χ1) is 9.06. The second-order valence-corrected chi connectivity index (χ2v) is 5.05. The van der Waals surface area contributed by atoms with Gasteiger partial charge in [0.2, 0.25) is 0 Å². The smallest absolute Gasteiger partial charge is 0.137 e. The number of anilines is 1. The molecule has 19 heavy (non-hydrogen) atoms. The fourth-order valence-corrected chi connectivity index (χ4v) is 2.44. The highest BCUT2D eigenvalue weighted by atomic mass is 15.0. The lowest BCUT2D eigenvalue weighted by Crippen LogP contribution is -1.96. The minimum Gasteiger partial charge on any atom is -0.397 e. The summed E-state index contributed by atoms with van der Waals surface area (Å²) in [4.78, 5) is 4.68. The highest BCUT2D eigenvalue weighted by Crippen LogP contribution is 2.25. The molecule has 0 bridgehead atoms. The zero-order valence-electron chi connectivity index (χ0n) is 11.4. The van der Waals surface area contributed by atoms with Crippen LogP contribution in [-0.2, 0) is 0 Å². The summed E-state index contributed by atoms with van der Waals surface area (Å²) in [6, 6.07) is 10.3. The molecule has 0 radical (unpaired) electrons. The fraction of sp³-hybridized carbons (Fsp3) is 0.188. The number of hydrogen-bond acceptors (Lipinski definition) is 2. The lowest BCUT2D eigenvalue weighted by atomic mass is 10.0. The maximum atomic E-state index is 5.94. The van der Waals surface area contributed by atoms with Crippen molar-refractivity contribution in [2.75, 3.05) is 5.73 Å². The molecule has 0 spiro atoms. The molecule has 3 heteroatoms. The van der Waals surface area contributed by atoms with Gasteiger partial charge in [-0.2, -0.15) is 0 Å². The van der Waals surface area contributed by atoms with E-state index in [1.165, 1.54) is 16.7 Å². The van der Waals surface area contributed by atoms with Crippen LogP contribution in [0.3, 0.4) is 0 Å². The van der Waals surface area contributed by atoms with Crippen LogP contribution in [0.15, 0.2) is 36.5 Å². The van der Waals surface area contributed by atoms with Crippen LogP contribution in [0, 0.1) is 20.8 Å². The molecule has 0 unspecified atom stereocenters. The van der Waals surface area contributed by atoms with Gasteiger partial charge in [0.25, 0.3) is 0 Å². The van der Waals surface area contributed by atoms with Crippen molar-refractivity contribution < 1.29 is 0 Å². The summed E-state index contributed by atoms with van der Waals surface area (Å²) >= 11 is 0. The third kappa shape index (κ3) is 1.87. The van der Waals surface area contributed by atoms with Crippen molar-refractivity contribution in [1.29, 1.82) is 0 Å². The van der Waals surface area contributed by atoms with Crippen molar-refractivity contribution in [1.82, 2.24) is 9.38 Å². The number of fused-ring (bicyclic) bond motifs is 1. The number of hydrogen-bond donors (Lipinski definition) is 1. The summed E-state index contributed by atoms with van der Waals surface area (Å²) in [5.74, 6) is 0. The van der Waals surface area contributed by atoms with Gasteiger partial charge in [-0.3, -0.25) is 0 Å². The topological polar surface area (TPSA) is 43.3 Å². The molecule has 0 aliphatic carbocycles. The largest absolute Gasteiger partial charge is 0.397 e. The second-order valence-electron chi connectivity index (χ2n) is 5.05. The lowest BCUT2D eigenvalue weighted by Gasteiger charge is -2.03. The van der Waals surface area contributed by atoms with Crippen molar-refractivity contribution in [2.45, 2.75) is 20.8 Å². The predicted molar refractivity (Wildman–Crippen MR) is 79.3 cm³/mol. The van der Waals surface area contributed by atoms with Gasteiger partial charge >= 0.3 is 0 Å². The third-order valence-corrected chi connectivity index (χ3v) is 3.58. The Morgan fingerprint density at radius 1 is 1.05 bits per heavy atom. The third-order valence-electron chi connectivity index (χ3n) is 3.58. The SMILES string of the molecule is Cc1ccc(-c2cn3c(C)c(N)ccc3n2)c(C)c1. The Hall–Kier alpha value is -2.29. The van der Waals surface area contributed by atoms with Crippen LogP contribution < -0.4 is 5.73 Å². The molecule has 0 amide bonds. The monoisotopic (exact) mass is 251 g/mol. The van der Waals surface area contributed by atoms with Crippen molar-refractivity contribution in [3.05, 3.63) is 53.3 Å². The van der Waals surface area contributed by atoms with Crippen molar-refractivity contribution in [3.63, 3.8) is 0 Å². The van der Waals surface area contributed by atoms with E-state index in [1.54, 1.807) is 0 Å². The zero-order chi connectivity index (χ0) is 13.6. The van der Waals surface area contributed by atoms with E-state index in [0.29, 0.717) is 0 Å². The maximum Gasteiger partial charge on any atom is 0.137 e. The maximum absolute atomic E-state index is 5.94. The van der Waals surface area contributed by atoms with E-state index in [0.717, 1.165) is 22.7 Å². The van der Waals surface area contributed by atoms with Crippen molar-refractivity contribution in [2.24, 2.45) is 0 Å². The van der Waals surface area contributed by atoms with Gasteiger partial charge in [0.1, 0.15) is 5.65 Å². The number of nitrogens with two attached hydrogens (primary N) is 1. The van der Waals surface area contributed by atoms with Gasteiger partial charge in [-0.15, -0.1) is 0 Å². The van der Waals surface area contributed by atoms with Crippen molar-refractivity contribution >= 4 is 11.3 Å². The minimum absolute atomic E-state index is 0.789. The molecule has 0 aliphatic rings. The number of pyridine rings is 1. The van der Waals surface area contributed by atoms with E-state index in [4.69, 9.17) is 5.73 Å². The summed E-state index contributed by atoms with van der Waals surface area (Å²) in [6.07, 6.45) is 2.05. The number of nitrogen functional groups attached to an aromatic ring is 1. The first-order valence-electron chi connectivity index (χ1n) is 6.38. The van der Waals surface area contributed by atoms with Crippen LogP contribution in [0.25, 0.3) is 16.9 Å². The molecule has 0 fully saturated rings. The van der Waals surface area contributed by atoms with E-state index in [1.807, 2.05) is 23.5 Å². The standard InChI is InChI=1S/C16H17N3/c1-10-4-5-13(11(2)8-10)15-9-19-12(3)14(17)6-7-16(19)18-15/h4-9H,17H2,1-3H3. The summed E-state index contributed by atoms with van der Waals surface area (Å²) in [5.41, 5.74) is 13.4. The Morgan fingerprint density at radius 3 is 2.58 bits per heavy atom. The average Bonchev–Trinajstić information content (AvgIpc) is 2.78. The first kappa shape index (κ1) is 11.8. The quantitative estimate of drug-likeness (QED) is 0.719. The number of aromatic nitrogens is 2. The molecular formula is C16H17N3. The molecule has 3 rings (SSSR count). The lowest BCUT2D eigenvalue weighted by molar-refractivity contribution is 1.10. The van der Waals surface area contributed by atoms with E-state index in [9.17, 15) is 0 Å². The summed E-state index contributed by atoms with van der Waals surface area (Å²) in [5, 5.41) is 0. The van der Waals surface area contributed by atoms with Gasteiger partial charge in [0.05, 0.1) is 11.4 Å². The van der Waals surface area contributed by atoms with Crippen LogP contribution >= 0.6 is 0 Å². The molecule has 2 heterocycles. The molecule has 3 nitrogen and oxygen atoms in total. The summed E-state index contributed by atoms with van der Waals surface area (Å²) in [7, 11) is 0. The van der Waals surface area contributed by atoms with E-state index < -0.39 is 0 Å². The number of nitrogens with zero attached hydrogens (tertiary/aromatic N) is 2. The summed E-state index contributed by atoms with van der Waals surface area (Å²) < 4.78 is 2.05.